The summed E-state index contributed by atoms with van der Waals surface area (Å²) in [6.07, 6.45) is 0. The molecule has 0 fully saturated rings. The molecule has 0 spiro atoms. The van der Waals surface area contributed by atoms with Crippen LogP contribution in [0.15, 0.2) is 0 Å². The van der Waals surface area contributed by atoms with E-state index in [1.165, 1.54) is 7.11 Å². The van der Waals surface area contributed by atoms with Gasteiger partial charge >= 0.3 is 0 Å². The highest BCUT2D eigenvalue weighted by Crippen LogP contribution is 2.48. The first kappa shape index (κ1) is 10.3. The van der Waals surface area contributed by atoms with Gasteiger partial charge < -0.3 is 14.9 Å². The zero-order valence-corrected chi connectivity index (χ0v) is 8.57. The van der Waals surface area contributed by atoms with E-state index in [1.54, 1.807) is 6.92 Å². The second-order valence-electron chi connectivity index (χ2n) is 2.48. The van der Waals surface area contributed by atoms with E-state index >= 15 is 0 Å². The molecule has 0 aromatic heterocycles. The maximum atomic E-state index is 9.34. The molecule has 0 saturated heterocycles. The molecule has 1 aromatic carbocycles. The molecule has 0 heterocycles. The molecule has 1 rings (SSSR count). The van der Waals surface area contributed by atoms with Crippen molar-refractivity contribution in [3.63, 3.8) is 0 Å². The van der Waals surface area contributed by atoms with Crippen LogP contribution in [0.25, 0.3) is 0 Å². The predicted octanol–water partition coefficient (Wildman–Crippen LogP) is 2.72. The zero-order chi connectivity index (χ0) is 10.2. The number of halogens is 2. The molecule has 72 valence electrons. The van der Waals surface area contributed by atoms with E-state index in [0.717, 1.165) is 0 Å². The standard InChI is InChI=1S/C8H8Cl2O3/c1-3-4(9)6(11)7(12)8(13-2)5(3)10/h11-12H,1-2H3. The van der Waals surface area contributed by atoms with Crippen molar-refractivity contribution < 1.29 is 14.9 Å². The maximum Gasteiger partial charge on any atom is 0.203 e. The number of methoxy groups -OCH3 is 1. The molecule has 0 amide bonds. The average molecular weight is 223 g/mol. The van der Waals surface area contributed by atoms with Gasteiger partial charge in [-0.2, -0.15) is 0 Å². The van der Waals surface area contributed by atoms with Gasteiger partial charge in [-0.15, -0.1) is 0 Å². The number of ether oxygens (including phenoxy) is 1. The molecule has 2 N–H and O–H groups in total. The highest BCUT2D eigenvalue weighted by atomic mass is 35.5. The molecule has 0 atom stereocenters. The molecule has 5 heteroatoms. The molecule has 13 heavy (non-hydrogen) atoms. The van der Waals surface area contributed by atoms with Gasteiger partial charge in [-0.3, -0.25) is 0 Å². The Morgan fingerprint density at radius 1 is 1.08 bits per heavy atom. The number of benzene rings is 1. The van der Waals surface area contributed by atoms with E-state index < -0.39 is 11.5 Å². The summed E-state index contributed by atoms with van der Waals surface area (Å²) in [5, 5.41) is 18.9. The van der Waals surface area contributed by atoms with Crippen LogP contribution in [0, 0.1) is 6.92 Å². The van der Waals surface area contributed by atoms with E-state index in [4.69, 9.17) is 27.9 Å². The first-order chi connectivity index (χ1) is 6.00. The molecule has 0 unspecified atom stereocenters. The number of hydrogen-bond donors (Lipinski definition) is 2. The van der Waals surface area contributed by atoms with E-state index in [-0.39, 0.29) is 15.8 Å². The highest BCUT2D eigenvalue weighted by Gasteiger charge is 2.19. The van der Waals surface area contributed by atoms with Gasteiger partial charge in [0.05, 0.1) is 17.2 Å². The summed E-state index contributed by atoms with van der Waals surface area (Å²) < 4.78 is 4.79. The number of phenolic OH excluding ortho intramolecular Hbond substituents is 2. The lowest BCUT2D eigenvalue weighted by Gasteiger charge is -2.11. The van der Waals surface area contributed by atoms with Crippen molar-refractivity contribution in [2.45, 2.75) is 6.92 Å². The fraction of sp³-hybridized carbons (Fsp3) is 0.250. The number of phenols is 2. The largest absolute Gasteiger partial charge is 0.503 e. The summed E-state index contributed by atoms with van der Waals surface area (Å²) in [5.74, 6) is -0.829. The third-order valence-electron chi connectivity index (χ3n) is 1.71. The SMILES string of the molecule is COc1c(O)c(O)c(Cl)c(C)c1Cl. The summed E-state index contributed by atoms with van der Waals surface area (Å²) in [6, 6.07) is 0. The van der Waals surface area contributed by atoms with Crippen LogP contribution in [0.2, 0.25) is 10.0 Å². The topological polar surface area (TPSA) is 49.7 Å². The molecule has 1 aromatic rings. The van der Waals surface area contributed by atoms with Crippen molar-refractivity contribution in [2.75, 3.05) is 7.11 Å². The van der Waals surface area contributed by atoms with Crippen LogP contribution in [0.3, 0.4) is 0 Å². The van der Waals surface area contributed by atoms with Crippen molar-refractivity contribution >= 4 is 23.2 Å². The van der Waals surface area contributed by atoms with Crippen molar-refractivity contribution in [1.29, 1.82) is 0 Å². The Morgan fingerprint density at radius 2 is 1.62 bits per heavy atom. The molecule has 0 aliphatic rings. The monoisotopic (exact) mass is 222 g/mol. The van der Waals surface area contributed by atoms with E-state index in [9.17, 15) is 10.2 Å². The van der Waals surface area contributed by atoms with Crippen LogP contribution < -0.4 is 4.74 Å². The van der Waals surface area contributed by atoms with Gasteiger partial charge in [0.1, 0.15) is 0 Å². The van der Waals surface area contributed by atoms with Crippen LogP contribution in [0.1, 0.15) is 5.56 Å². The number of aromatic hydroxyl groups is 2. The van der Waals surface area contributed by atoms with Crippen molar-refractivity contribution in [3.8, 4) is 17.2 Å². The lowest BCUT2D eigenvalue weighted by Crippen LogP contribution is -1.89. The van der Waals surface area contributed by atoms with E-state index in [2.05, 4.69) is 0 Å². The number of rotatable bonds is 1. The summed E-state index contributed by atoms with van der Waals surface area (Å²) in [7, 11) is 1.34. The molecule has 0 saturated carbocycles. The summed E-state index contributed by atoms with van der Waals surface area (Å²) in [5.41, 5.74) is 0.468. The molecular formula is C8H8Cl2O3. The lowest BCUT2D eigenvalue weighted by atomic mass is 10.2. The van der Waals surface area contributed by atoms with Crippen molar-refractivity contribution in [2.24, 2.45) is 0 Å². The second-order valence-corrected chi connectivity index (χ2v) is 3.24. The Morgan fingerprint density at radius 3 is 2.08 bits per heavy atom. The number of hydrogen-bond acceptors (Lipinski definition) is 3. The highest BCUT2D eigenvalue weighted by molar-refractivity contribution is 6.38. The molecule has 3 nitrogen and oxygen atoms in total. The minimum Gasteiger partial charge on any atom is -0.503 e. The summed E-state index contributed by atoms with van der Waals surface area (Å²) in [6.45, 7) is 1.62. The maximum absolute atomic E-state index is 9.34. The summed E-state index contributed by atoms with van der Waals surface area (Å²) in [4.78, 5) is 0. The van der Waals surface area contributed by atoms with E-state index in [0.29, 0.717) is 5.56 Å². The molecular weight excluding hydrogens is 215 g/mol. The first-order valence-electron chi connectivity index (χ1n) is 3.44. The smallest absolute Gasteiger partial charge is 0.203 e. The zero-order valence-electron chi connectivity index (χ0n) is 7.06. The van der Waals surface area contributed by atoms with Crippen LogP contribution in [0.4, 0.5) is 0 Å². The Kier molecular flexibility index (Phi) is 2.78. The van der Waals surface area contributed by atoms with Crippen LogP contribution in [-0.4, -0.2) is 17.3 Å². The Balaban J connectivity index is 3.56. The Hall–Kier alpha value is -0.800. The van der Waals surface area contributed by atoms with Gasteiger partial charge in [-0.1, -0.05) is 23.2 Å². The van der Waals surface area contributed by atoms with Gasteiger partial charge in [-0.05, 0) is 12.5 Å². The van der Waals surface area contributed by atoms with Crippen molar-refractivity contribution in [1.82, 2.24) is 0 Å². The van der Waals surface area contributed by atoms with Gasteiger partial charge in [0.25, 0.3) is 0 Å². The normalized spacial score (nSPS) is 10.2. The van der Waals surface area contributed by atoms with Gasteiger partial charge in [0, 0.05) is 0 Å². The molecule has 0 aliphatic carbocycles. The lowest BCUT2D eigenvalue weighted by molar-refractivity contribution is 0.351. The molecule has 0 bridgehead atoms. The van der Waals surface area contributed by atoms with Crippen LogP contribution in [-0.2, 0) is 0 Å². The minimum absolute atomic E-state index is 0.0288. The fourth-order valence-electron chi connectivity index (χ4n) is 0.946. The third-order valence-corrected chi connectivity index (χ3v) is 2.63. The van der Waals surface area contributed by atoms with Crippen LogP contribution in [0.5, 0.6) is 17.2 Å². The van der Waals surface area contributed by atoms with Gasteiger partial charge in [-0.25, -0.2) is 0 Å². The molecule has 0 radical (unpaired) electrons. The minimum atomic E-state index is -0.442. The third kappa shape index (κ3) is 1.49. The van der Waals surface area contributed by atoms with Gasteiger partial charge in [0.2, 0.25) is 5.75 Å². The quantitative estimate of drug-likeness (QED) is 0.719. The van der Waals surface area contributed by atoms with Gasteiger partial charge in [0.15, 0.2) is 11.5 Å². The van der Waals surface area contributed by atoms with Crippen molar-refractivity contribution in [3.05, 3.63) is 15.6 Å². The van der Waals surface area contributed by atoms with E-state index in [1.807, 2.05) is 0 Å². The van der Waals surface area contributed by atoms with Crippen LogP contribution >= 0.6 is 23.2 Å². The second kappa shape index (κ2) is 3.52. The average Bonchev–Trinajstić information content (AvgIpc) is 2.13. The Bertz CT molecular complexity index is 321. The summed E-state index contributed by atoms with van der Waals surface area (Å²) >= 11 is 11.5. The fourth-order valence-corrected chi connectivity index (χ4v) is 1.44. The Labute approximate surface area is 85.5 Å². The predicted molar refractivity (Wildman–Crippen MR) is 51.1 cm³/mol. The molecule has 0 aliphatic heterocycles. The first-order valence-corrected chi connectivity index (χ1v) is 4.19.